The van der Waals surface area contributed by atoms with E-state index < -0.39 is 0 Å². The molecule has 7 heteroatoms. The second kappa shape index (κ2) is 6.69. The highest BCUT2D eigenvalue weighted by Crippen LogP contribution is 2.14. The van der Waals surface area contributed by atoms with Gasteiger partial charge in [-0.1, -0.05) is 12.1 Å². The number of rotatable bonds is 5. The summed E-state index contributed by atoms with van der Waals surface area (Å²) in [6.45, 7) is 0.582. The molecule has 23 heavy (non-hydrogen) atoms. The Labute approximate surface area is 133 Å². The van der Waals surface area contributed by atoms with Gasteiger partial charge in [0.15, 0.2) is 0 Å². The van der Waals surface area contributed by atoms with Crippen LogP contribution in [0.1, 0.15) is 16.1 Å². The minimum Gasteiger partial charge on any atom is -0.497 e. The van der Waals surface area contributed by atoms with Gasteiger partial charge in [0.25, 0.3) is 5.91 Å². The van der Waals surface area contributed by atoms with Gasteiger partial charge < -0.3 is 10.1 Å². The summed E-state index contributed by atoms with van der Waals surface area (Å²) in [5.74, 6) is 0.477. The molecule has 0 fully saturated rings. The highest BCUT2D eigenvalue weighted by molar-refractivity contribution is 6.02. The number of carbonyl (C=O) groups excluding carboxylic acids is 1. The van der Waals surface area contributed by atoms with Gasteiger partial charge >= 0.3 is 0 Å². The smallest absolute Gasteiger partial charge is 0.275 e. The van der Waals surface area contributed by atoms with Crippen molar-refractivity contribution in [1.29, 1.82) is 0 Å². The number of hydrogen-bond donors (Lipinski definition) is 1. The first-order chi connectivity index (χ1) is 11.2. The Bertz CT molecular complexity index is 801. The average molecular weight is 309 g/mol. The Morgan fingerprint density at radius 3 is 3.00 bits per heavy atom. The van der Waals surface area contributed by atoms with Crippen molar-refractivity contribution in [2.75, 3.05) is 12.4 Å². The van der Waals surface area contributed by atoms with Gasteiger partial charge in [-0.15, -0.1) is 0 Å². The van der Waals surface area contributed by atoms with Gasteiger partial charge in [-0.3, -0.25) is 14.5 Å². The Hall–Kier alpha value is -3.22. The van der Waals surface area contributed by atoms with Gasteiger partial charge in [-0.05, 0) is 17.7 Å². The Kier molecular flexibility index (Phi) is 4.28. The number of anilines is 1. The molecule has 116 valence electrons. The molecule has 0 bridgehead atoms. The summed E-state index contributed by atoms with van der Waals surface area (Å²) in [6.07, 6.45) is 7.75. The molecule has 1 aromatic carbocycles. The summed E-state index contributed by atoms with van der Waals surface area (Å²) in [6, 6.07) is 7.75. The van der Waals surface area contributed by atoms with E-state index in [-0.39, 0.29) is 11.6 Å². The van der Waals surface area contributed by atoms with Crippen LogP contribution in [0.25, 0.3) is 0 Å². The third kappa shape index (κ3) is 3.70. The van der Waals surface area contributed by atoms with Crippen LogP contribution in [-0.4, -0.2) is 32.8 Å². The van der Waals surface area contributed by atoms with Crippen molar-refractivity contribution < 1.29 is 9.53 Å². The molecule has 3 aromatic rings. The molecular formula is C16H15N5O2. The Morgan fingerprint density at radius 2 is 2.22 bits per heavy atom. The molecule has 1 amide bonds. The van der Waals surface area contributed by atoms with Crippen molar-refractivity contribution in [2.24, 2.45) is 0 Å². The van der Waals surface area contributed by atoms with E-state index in [1.807, 2.05) is 24.3 Å². The Morgan fingerprint density at radius 1 is 1.30 bits per heavy atom. The zero-order valence-corrected chi connectivity index (χ0v) is 12.5. The van der Waals surface area contributed by atoms with Gasteiger partial charge in [0, 0.05) is 18.6 Å². The third-order valence-corrected chi connectivity index (χ3v) is 3.17. The zero-order chi connectivity index (χ0) is 16.1. The van der Waals surface area contributed by atoms with Crippen LogP contribution < -0.4 is 10.1 Å². The maximum Gasteiger partial charge on any atom is 0.275 e. The first kappa shape index (κ1) is 14.7. The van der Waals surface area contributed by atoms with E-state index in [2.05, 4.69) is 20.4 Å². The predicted octanol–water partition coefficient (Wildman–Crippen LogP) is 1.98. The van der Waals surface area contributed by atoms with Crippen LogP contribution in [0.4, 0.5) is 5.69 Å². The van der Waals surface area contributed by atoms with Gasteiger partial charge in [0.05, 0.1) is 31.7 Å². The summed E-state index contributed by atoms with van der Waals surface area (Å²) >= 11 is 0. The van der Waals surface area contributed by atoms with Crippen molar-refractivity contribution in [3.05, 3.63) is 66.5 Å². The topological polar surface area (TPSA) is 81.9 Å². The van der Waals surface area contributed by atoms with Crippen LogP contribution in [-0.2, 0) is 6.54 Å². The molecule has 7 nitrogen and oxygen atoms in total. The van der Waals surface area contributed by atoms with Crippen molar-refractivity contribution in [1.82, 2.24) is 19.7 Å². The van der Waals surface area contributed by atoms with Crippen LogP contribution in [0, 0.1) is 0 Å². The number of nitrogens with one attached hydrogen (secondary N) is 1. The van der Waals surface area contributed by atoms with Crippen LogP contribution in [0.3, 0.4) is 0 Å². The highest BCUT2D eigenvalue weighted by Gasteiger charge is 2.09. The largest absolute Gasteiger partial charge is 0.497 e. The molecule has 0 saturated carbocycles. The molecule has 0 spiro atoms. The number of nitrogens with zero attached hydrogens (tertiary/aromatic N) is 4. The van der Waals surface area contributed by atoms with Crippen LogP contribution >= 0.6 is 0 Å². The fourth-order valence-corrected chi connectivity index (χ4v) is 2.08. The molecule has 0 aliphatic heterocycles. The number of amides is 1. The maximum atomic E-state index is 12.0. The standard InChI is InChI=1S/C16H15N5O2/c1-23-14-4-2-3-12(7-14)10-21-11-13(8-19-21)20-16(22)15-9-17-5-6-18-15/h2-9,11H,10H2,1H3,(H,20,22). The monoisotopic (exact) mass is 309 g/mol. The highest BCUT2D eigenvalue weighted by atomic mass is 16.5. The van der Waals surface area contributed by atoms with E-state index in [4.69, 9.17) is 4.74 Å². The fourth-order valence-electron chi connectivity index (χ4n) is 2.08. The summed E-state index contributed by atoms with van der Waals surface area (Å²) in [4.78, 5) is 19.8. The van der Waals surface area contributed by atoms with Crippen LogP contribution in [0.2, 0.25) is 0 Å². The molecule has 0 unspecified atom stereocenters. The Balaban J connectivity index is 1.67. The molecular weight excluding hydrogens is 294 g/mol. The van der Waals surface area contributed by atoms with Crippen LogP contribution in [0.5, 0.6) is 5.75 Å². The van der Waals surface area contributed by atoms with E-state index in [0.717, 1.165) is 11.3 Å². The number of ether oxygens (including phenoxy) is 1. The van der Waals surface area contributed by atoms with E-state index in [0.29, 0.717) is 12.2 Å². The molecule has 2 heterocycles. The lowest BCUT2D eigenvalue weighted by Crippen LogP contribution is -2.13. The number of methoxy groups -OCH3 is 1. The minimum atomic E-state index is -0.320. The third-order valence-electron chi connectivity index (χ3n) is 3.17. The molecule has 0 radical (unpaired) electrons. The lowest BCUT2D eigenvalue weighted by molar-refractivity contribution is 0.102. The van der Waals surface area contributed by atoms with E-state index >= 15 is 0 Å². The van der Waals surface area contributed by atoms with E-state index in [9.17, 15) is 4.79 Å². The molecule has 0 saturated heterocycles. The molecule has 0 aliphatic carbocycles. The first-order valence-electron chi connectivity index (χ1n) is 6.97. The summed E-state index contributed by atoms with van der Waals surface area (Å²) in [7, 11) is 1.63. The molecule has 0 aliphatic rings. The first-order valence-corrected chi connectivity index (χ1v) is 6.97. The molecule has 3 rings (SSSR count). The van der Waals surface area contributed by atoms with Crippen molar-refractivity contribution in [2.45, 2.75) is 6.54 Å². The second-order valence-corrected chi connectivity index (χ2v) is 4.82. The maximum absolute atomic E-state index is 12.0. The van der Waals surface area contributed by atoms with Gasteiger partial charge in [-0.2, -0.15) is 5.10 Å². The van der Waals surface area contributed by atoms with E-state index in [1.54, 1.807) is 24.2 Å². The normalized spacial score (nSPS) is 10.3. The van der Waals surface area contributed by atoms with Crippen LogP contribution in [0.15, 0.2) is 55.2 Å². The van der Waals surface area contributed by atoms with Crippen molar-refractivity contribution in [3.63, 3.8) is 0 Å². The predicted molar refractivity (Wildman–Crippen MR) is 84.3 cm³/mol. The summed E-state index contributed by atoms with van der Waals surface area (Å²) in [5, 5.41) is 6.98. The quantitative estimate of drug-likeness (QED) is 0.779. The molecule has 1 N–H and O–H groups in total. The number of hydrogen-bond acceptors (Lipinski definition) is 5. The minimum absolute atomic E-state index is 0.257. The number of carbonyl (C=O) groups is 1. The lowest BCUT2D eigenvalue weighted by atomic mass is 10.2. The van der Waals surface area contributed by atoms with Gasteiger partial charge in [0.2, 0.25) is 0 Å². The fraction of sp³-hybridized carbons (Fsp3) is 0.125. The van der Waals surface area contributed by atoms with E-state index in [1.165, 1.54) is 18.6 Å². The SMILES string of the molecule is COc1cccc(Cn2cc(NC(=O)c3cnccn3)cn2)c1. The van der Waals surface area contributed by atoms with Gasteiger partial charge in [0.1, 0.15) is 11.4 Å². The summed E-state index contributed by atoms with van der Waals surface area (Å²) < 4.78 is 6.94. The summed E-state index contributed by atoms with van der Waals surface area (Å²) in [5.41, 5.74) is 1.91. The molecule has 0 atom stereocenters. The lowest BCUT2D eigenvalue weighted by Gasteiger charge is -2.04. The van der Waals surface area contributed by atoms with Gasteiger partial charge in [-0.25, -0.2) is 4.98 Å². The number of benzene rings is 1. The van der Waals surface area contributed by atoms with Crippen molar-refractivity contribution >= 4 is 11.6 Å². The average Bonchev–Trinajstić information content (AvgIpc) is 3.02. The molecule has 2 aromatic heterocycles. The van der Waals surface area contributed by atoms with Crippen molar-refractivity contribution in [3.8, 4) is 5.75 Å². The zero-order valence-electron chi connectivity index (χ0n) is 12.5. The second-order valence-electron chi connectivity index (χ2n) is 4.82. The number of aromatic nitrogens is 4.